The number of amides is 1. The zero-order chi connectivity index (χ0) is 15.6. The van der Waals surface area contributed by atoms with Crippen LogP contribution in [0.15, 0.2) is 34.9 Å². The van der Waals surface area contributed by atoms with E-state index in [1.54, 1.807) is 12.1 Å². The van der Waals surface area contributed by atoms with Crippen molar-refractivity contribution >= 4 is 5.91 Å². The molecule has 1 fully saturated rings. The number of benzene rings is 1. The molecule has 0 aliphatic heterocycles. The largest absolute Gasteiger partial charge is 0.388 e. The number of carbonyl (C=O) groups is 1. The SMILES string of the molecule is O=C(NCC1(O)CCCC1)c1cc(-c2ccc(F)cc2)on1. The number of aromatic nitrogens is 1. The first-order chi connectivity index (χ1) is 10.6. The van der Waals surface area contributed by atoms with E-state index >= 15 is 0 Å². The van der Waals surface area contributed by atoms with Gasteiger partial charge in [0.15, 0.2) is 11.5 Å². The van der Waals surface area contributed by atoms with E-state index in [1.165, 1.54) is 18.2 Å². The molecule has 1 saturated carbocycles. The Bertz CT molecular complexity index is 660. The smallest absolute Gasteiger partial charge is 0.273 e. The summed E-state index contributed by atoms with van der Waals surface area (Å²) in [6.07, 6.45) is 3.36. The molecule has 1 amide bonds. The minimum Gasteiger partial charge on any atom is -0.388 e. The topological polar surface area (TPSA) is 75.4 Å². The van der Waals surface area contributed by atoms with Crippen LogP contribution in [-0.4, -0.2) is 28.3 Å². The molecule has 1 aromatic carbocycles. The summed E-state index contributed by atoms with van der Waals surface area (Å²) in [5.41, 5.74) is -0.0255. The van der Waals surface area contributed by atoms with Crippen molar-refractivity contribution in [2.24, 2.45) is 0 Å². The van der Waals surface area contributed by atoms with E-state index in [-0.39, 0.29) is 18.1 Å². The molecule has 116 valence electrons. The molecule has 1 aromatic heterocycles. The molecule has 22 heavy (non-hydrogen) atoms. The molecule has 5 nitrogen and oxygen atoms in total. The maximum absolute atomic E-state index is 12.9. The fourth-order valence-corrected chi connectivity index (χ4v) is 2.68. The third-order valence-corrected chi connectivity index (χ3v) is 3.98. The first-order valence-electron chi connectivity index (χ1n) is 7.29. The molecular formula is C16H17FN2O3. The fraction of sp³-hybridized carbons (Fsp3) is 0.375. The number of hydrogen-bond acceptors (Lipinski definition) is 4. The number of carbonyl (C=O) groups excluding carboxylic acids is 1. The van der Waals surface area contributed by atoms with E-state index < -0.39 is 11.5 Å². The highest BCUT2D eigenvalue weighted by atomic mass is 19.1. The Morgan fingerprint density at radius 2 is 2.00 bits per heavy atom. The summed E-state index contributed by atoms with van der Waals surface area (Å²) < 4.78 is 18.0. The number of nitrogens with one attached hydrogen (secondary N) is 1. The van der Waals surface area contributed by atoms with E-state index in [1.807, 2.05) is 0 Å². The zero-order valence-electron chi connectivity index (χ0n) is 12.0. The lowest BCUT2D eigenvalue weighted by Crippen LogP contribution is -2.40. The van der Waals surface area contributed by atoms with E-state index in [9.17, 15) is 14.3 Å². The Morgan fingerprint density at radius 1 is 1.32 bits per heavy atom. The van der Waals surface area contributed by atoms with Crippen LogP contribution in [0.4, 0.5) is 4.39 Å². The van der Waals surface area contributed by atoms with Gasteiger partial charge in [-0.3, -0.25) is 4.79 Å². The van der Waals surface area contributed by atoms with Crippen LogP contribution in [0.1, 0.15) is 36.2 Å². The molecule has 6 heteroatoms. The monoisotopic (exact) mass is 304 g/mol. The number of halogens is 1. The van der Waals surface area contributed by atoms with Crippen molar-refractivity contribution in [2.75, 3.05) is 6.54 Å². The third kappa shape index (κ3) is 3.17. The Labute approximate surface area is 127 Å². The summed E-state index contributed by atoms with van der Waals surface area (Å²) >= 11 is 0. The molecule has 2 aromatic rings. The van der Waals surface area contributed by atoms with Crippen LogP contribution < -0.4 is 5.32 Å². The van der Waals surface area contributed by atoms with E-state index in [0.717, 1.165) is 12.8 Å². The van der Waals surface area contributed by atoms with Crippen LogP contribution in [0, 0.1) is 5.82 Å². The highest BCUT2D eigenvalue weighted by Crippen LogP contribution is 2.28. The lowest BCUT2D eigenvalue weighted by atomic mass is 10.0. The quantitative estimate of drug-likeness (QED) is 0.910. The minimum absolute atomic E-state index is 0.140. The second kappa shape index (κ2) is 5.88. The molecule has 1 aliphatic rings. The van der Waals surface area contributed by atoms with Gasteiger partial charge in [0.25, 0.3) is 5.91 Å². The maximum Gasteiger partial charge on any atom is 0.273 e. The molecule has 0 unspecified atom stereocenters. The van der Waals surface area contributed by atoms with Crippen LogP contribution in [0.25, 0.3) is 11.3 Å². The standard InChI is InChI=1S/C16H17FN2O3/c17-12-5-3-11(4-6-12)14-9-13(19-22-14)15(20)18-10-16(21)7-1-2-8-16/h3-6,9,21H,1-2,7-8,10H2,(H,18,20). The van der Waals surface area contributed by atoms with Crippen molar-refractivity contribution in [2.45, 2.75) is 31.3 Å². The normalized spacial score (nSPS) is 16.6. The average molecular weight is 304 g/mol. The Kier molecular flexibility index (Phi) is 3.94. The molecule has 0 spiro atoms. The van der Waals surface area contributed by atoms with Gasteiger partial charge in [-0.05, 0) is 37.1 Å². The van der Waals surface area contributed by atoms with E-state index in [2.05, 4.69) is 10.5 Å². The molecule has 1 heterocycles. The highest BCUT2D eigenvalue weighted by molar-refractivity contribution is 5.93. The van der Waals surface area contributed by atoms with Gasteiger partial charge in [-0.2, -0.15) is 0 Å². The molecule has 1 aliphatic carbocycles. The first kappa shape index (κ1) is 14.7. The fourth-order valence-electron chi connectivity index (χ4n) is 2.68. The molecular weight excluding hydrogens is 287 g/mol. The molecule has 2 N–H and O–H groups in total. The number of rotatable bonds is 4. The van der Waals surface area contributed by atoms with Crippen molar-refractivity contribution in [1.82, 2.24) is 10.5 Å². The summed E-state index contributed by atoms with van der Waals surface area (Å²) in [6, 6.07) is 7.24. The van der Waals surface area contributed by atoms with Gasteiger partial charge in [-0.25, -0.2) is 4.39 Å². The van der Waals surface area contributed by atoms with E-state index in [0.29, 0.717) is 24.2 Å². The van der Waals surface area contributed by atoms with Crippen LogP contribution in [0.2, 0.25) is 0 Å². The average Bonchev–Trinajstić information content (AvgIpc) is 3.15. The van der Waals surface area contributed by atoms with Gasteiger partial charge < -0.3 is 14.9 Å². The van der Waals surface area contributed by atoms with Gasteiger partial charge in [0, 0.05) is 18.2 Å². The summed E-state index contributed by atoms with van der Waals surface area (Å²) in [6.45, 7) is 0.213. The van der Waals surface area contributed by atoms with Gasteiger partial charge in [0.2, 0.25) is 0 Å². The molecule has 3 rings (SSSR count). The van der Waals surface area contributed by atoms with Crippen molar-refractivity contribution < 1.29 is 18.8 Å². The lowest BCUT2D eigenvalue weighted by Gasteiger charge is -2.21. The van der Waals surface area contributed by atoms with Crippen LogP contribution >= 0.6 is 0 Å². The summed E-state index contributed by atoms with van der Waals surface area (Å²) in [4.78, 5) is 12.0. The Morgan fingerprint density at radius 3 is 2.68 bits per heavy atom. The highest BCUT2D eigenvalue weighted by Gasteiger charge is 2.31. The first-order valence-corrected chi connectivity index (χ1v) is 7.29. The predicted molar refractivity (Wildman–Crippen MR) is 77.6 cm³/mol. The predicted octanol–water partition coefficient (Wildman–Crippen LogP) is 2.52. The summed E-state index contributed by atoms with van der Waals surface area (Å²) in [5.74, 6) is -0.340. The maximum atomic E-state index is 12.9. The third-order valence-electron chi connectivity index (χ3n) is 3.98. The second-order valence-corrected chi connectivity index (χ2v) is 5.70. The van der Waals surface area contributed by atoms with Crippen LogP contribution in [0.5, 0.6) is 0 Å². The molecule has 0 radical (unpaired) electrons. The van der Waals surface area contributed by atoms with Crippen molar-refractivity contribution in [1.29, 1.82) is 0 Å². The molecule has 0 atom stereocenters. The Balaban J connectivity index is 1.65. The van der Waals surface area contributed by atoms with Gasteiger partial charge in [-0.1, -0.05) is 18.0 Å². The number of nitrogens with zero attached hydrogens (tertiary/aromatic N) is 1. The summed E-state index contributed by atoms with van der Waals surface area (Å²) in [5, 5.41) is 16.6. The second-order valence-electron chi connectivity index (χ2n) is 5.70. The van der Waals surface area contributed by atoms with Crippen molar-refractivity contribution in [3.05, 3.63) is 41.8 Å². The molecule has 0 saturated heterocycles. The van der Waals surface area contributed by atoms with Gasteiger partial charge in [0.1, 0.15) is 5.82 Å². The zero-order valence-corrected chi connectivity index (χ0v) is 12.0. The van der Waals surface area contributed by atoms with E-state index in [4.69, 9.17) is 4.52 Å². The molecule has 0 bridgehead atoms. The van der Waals surface area contributed by atoms with Crippen LogP contribution in [-0.2, 0) is 0 Å². The number of hydrogen-bond donors (Lipinski definition) is 2. The van der Waals surface area contributed by atoms with Crippen molar-refractivity contribution in [3.8, 4) is 11.3 Å². The minimum atomic E-state index is -0.806. The van der Waals surface area contributed by atoms with Crippen molar-refractivity contribution in [3.63, 3.8) is 0 Å². The van der Waals surface area contributed by atoms with Gasteiger partial charge in [0.05, 0.1) is 5.60 Å². The van der Waals surface area contributed by atoms with Gasteiger partial charge >= 0.3 is 0 Å². The summed E-state index contributed by atoms with van der Waals surface area (Å²) in [7, 11) is 0. The van der Waals surface area contributed by atoms with Gasteiger partial charge in [-0.15, -0.1) is 0 Å². The Hall–Kier alpha value is -2.21. The lowest BCUT2D eigenvalue weighted by molar-refractivity contribution is 0.0448. The van der Waals surface area contributed by atoms with Crippen LogP contribution in [0.3, 0.4) is 0 Å². The number of aliphatic hydroxyl groups is 1.